The molecule has 0 atom stereocenters. The minimum atomic E-state index is 0.460. The molecule has 0 unspecified atom stereocenters. The van der Waals surface area contributed by atoms with Crippen molar-refractivity contribution < 1.29 is 0 Å². The molecule has 200 valence electrons. The van der Waals surface area contributed by atoms with Gasteiger partial charge in [-0.3, -0.25) is 0 Å². The van der Waals surface area contributed by atoms with E-state index >= 15 is 0 Å². The summed E-state index contributed by atoms with van der Waals surface area (Å²) in [5.74, 6) is 2.95. The van der Waals surface area contributed by atoms with Crippen molar-refractivity contribution in [2.45, 2.75) is 106 Å². The second kappa shape index (κ2) is 13.0. The number of piperidine rings is 1. The number of nitrogens with two attached hydrogens (primary N) is 1. The van der Waals surface area contributed by atoms with Crippen molar-refractivity contribution in [2.24, 2.45) is 22.6 Å². The average molecular weight is 512 g/mol. The molecular weight excluding hydrogens is 462 g/mol. The Labute approximate surface area is 224 Å². The molecule has 3 N–H and O–H groups in total. The van der Waals surface area contributed by atoms with E-state index in [9.17, 15) is 0 Å². The highest BCUT2D eigenvalue weighted by atomic mass is 32.2. The number of guanidine groups is 1. The van der Waals surface area contributed by atoms with E-state index in [0.717, 1.165) is 36.9 Å². The van der Waals surface area contributed by atoms with E-state index in [0.29, 0.717) is 12.1 Å². The summed E-state index contributed by atoms with van der Waals surface area (Å²) in [6, 6.07) is 10.4. The van der Waals surface area contributed by atoms with Gasteiger partial charge in [-0.25, -0.2) is 4.99 Å². The highest BCUT2D eigenvalue weighted by molar-refractivity contribution is 7.98. The van der Waals surface area contributed by atoms with Crippen LogP contribution in [0.15, 0.2) is 34.2 Å². The third kappa shape index (κ3) is 6.99. The summed E-state index contributed by atoms with van der Waals surface area (Å²) in [6.45, 7) is 4.85. The van der Waals surface area contributed by atoms with E-state index in [1.807, 2.05) is 11.8 Å². The molecule has 1 aromatic carbocycles. The summed E-state index contributed by atoms with van der Waals surface area (Å²) >= 11 is 1.81. The van der Waals surface area contributed by atoms with Crippen molar-refractivity contribution in [3.05, 3.63) is 24.3 Å². The number of hydrogen-bond acceptors (Lipinski definition) is 4. The minimum absolute atomic E-state index is 0.460. The average Bonchev–Trinajstić information content (AvgIpc) is 3.46. The highest BCUT2D eigenvalue weighted by Gasteiger charge is 2.30. The van der Waals surface area contributed by atoms with Crippen molar-refractivity contribution in [1.29, 1.82) is 0 Å². The molecule has 0 aromatic heterocycles. The molecule has 2 saturated heterocycles. The van der Waals surface area contributed by atoms with E-state index < -0.39 is 0 Å². The van der Waals surface area contributed by atoms with Gasteiger partial charge in [0.2, 0.25) is 0 Å². The normalized spacial score (nSPS) is 31.1. The molecule has 0 radical (unpaired) electrons. The number of benzene rings is 1. The first kappa shape index (κ1) is 26.4. The predicted octanol–water partition coefficient (Wildman–Crippen LogP) is 6.20. The van der Waals surface area contributed by atoms with Crippen LogP contribution in [-0.2, 0) is 0 Å². The van der Waals surface area contributed by atoms with Crippen LogP contribution in [-0.4, -0.2) is 66.3 Å². The lowest BCUT2D eigenvalue weighted by Crippen LogP contribution is -2.48. The maximum absolute atomic E-state index is 6.14. The Morgan fingerprint density at radius 2 is 1.53 bits per heavy atom. The number of hydrogen-bond donors (Lipinski definition) is 2. The van der Waals surface area contributed by atoms with Crippen LogP contribution in [0.2, 0.25) is 0 Å². The molecule has 6 heteroatoms. The third-order valence-corrected chi connectivity index (χ3v) is 10.2. The van der Waals surface area contributed by atoms with Crippen molar-refractivity contribution >= 4 is 23.4 Å². The van der Waals surface area contributed by atoms with Gasteiger partial charge in [0.1, 0.15) is 0 Å². The Morgan fingerprint density at radius 3 is 2.19 bits per heavy atom. The van der Waals surface area contributed by atoms with Gasteiger partial charge in [-0.15, -0.1) is 11.8 Å². The van der Waals surface area contributed by atoms with Crippen LogP contribution in [0.5, 0.6) is 0 Å². The van der Waals surface area contributed by atoms with Crippen LogP contribution in [0.3, 0.4) is 0 Å². The lowest BCUT2D eigenvalue weighted by atomic mass is 9.76. The molecule has 2 aliphatic heterocycles. The number of nitrogens with zero attached hydrogens (tertiary/aromatic N) is 3. The monoisotopic (exact) mass is 511 g/mol. The fourth-order valence-corrected chi connectivity index (χ4v) is 7.74. The van der Waals surface area contributed by atoms with Crippen molar-refractivity contribution in [1.82, 2.24) is 9.80 Å². The van der Waals surface area contributed by atoms with Gasteiger partial charge >= 0.3 is 0 Å². The Bertz CT molecular complexity index is 829. The highest BCUT2D eigenvalue weighted by Crippen LogP contribution is 2.36. The summed E-state index contributed by atoms with van der Waals surface area (Å²) in [7, 11) is 0. The zero-order valence-corrected chi connectivity index (χ0v) is 23.4. The van der Waals surface area contributed by atoms with Gasteiger partial charge in [-0.2, -0.15) is 0 Å². The summed E-state index contributed by atoms with van der Waals surface area (Å²) in [5, 5.41) is 3.81. The van der Waals surface area contributed by atoms with Crippen LogP contribution in [0.4, 0.5) is 5.69 Å². The maximum Gasteiger partial charge on any atom is 0.198 e. The van der Waals surface area contributed by atoms with E-state index in [4.69, 9.17) is 10.7 Å². The van der Waals surface area contributed by atoms with E-state index in [1.165, 1.54) is 107 Å². The summed E-state index contributed by atoms with van der Waals surface area (Å²) in [5.41, 5.74) is 7.34. The van der Waals surface area contributed by atoms with Crippen LogP contribution in [0.1, 0.15) is 83.5 Å². The number of para-hydroxylation sites is 1. The largest absolute Gasteiger partial charge is 0.343 e. The van der Waals surface area contributed by atoms with Gasteiger partial charge in [-0.05, 0) is 127 Å². The Balaban J connectivity index is 1.21. The Kier molecular flexibility index (Phi) is 9.53. The fourth-order valence-electron chi connectivity index (χ4n) is 7.19. The molecule has 4 fully saturated rings. The molecular formula is C30H49N5S. The lowest BCUT2D eigenvalue weighted by Gasteiger charge is -2.39. The van der Waals surface area contributed by atoms with Gasteiger partial charge in [0.25, 0.3) is 0 Å². The topological polar surface area (TPSA) is 56.9 Å². The van der Waals surface area contributed by atoms with Crippen LogP contribution in [0.25, 0.3) is 0 Å². The summed E-state index contributed by atoms with van der Waals surface area (Å²) < 4.78 is 0. The number of rotatable bonds is 6. The first-order chi connectivity index (χ1) is 17.7. The molecule has 4 aliphatic rings. The standard InChI is InChI=1S/C30H49N5S/c1-36-29-7-3-2-6-28(29)33-30(35-20-16-27(17-21-35)34-18-4-5-19-34)32-26-14-10-24(11-15-26)22-23-8-12-25(31)13-9-23/h2-3,6-7,23-27H,4-5,8-22,31H2,1H3,(H,32,33). The van der Waals surface area contributed by atoms with Crippen LogP contribution in [0, 0.1) is 11.8 Å². The third-order valence-electron chi connectivity index (χ3n) is 9.45. The van der Waals surface area contributed by atoms with Crippen molar-refractivity contribution in [3.63, 3.8) is 0 Å². The molecule has 2 heterocycles. The zero-order valence-electron chi connectivity index (χ0n) is 22.5. The molecule has 1 aromatic rings. The molecule has 0 spiro atoms. The van der Waals surface area contributed by atoms with Gasteiger partial charge in [0, 0.05) is 30.1 Å². The Hall–Kier alpha value is -1.24. The number of likely N-dealkylation sites (tertiary alicyclic amines) is 2. The van der Waals surface area contributed by atoms with E-state index in [-0.39, 0.29) is 0 Å². The van der Waals surface area contributed by atoms with Gasteiger partial charge in [0.15, 0.2) is 5.96 Å². The fraction of sp³-hybridized carbons (Fsp3) is 0.767. The van der Waals surface area contributed by atoms with E-state index in [1.54, 1.807) is 0 Å². The quantitative estimate of drug-likeness (QED) is 0.270. The number of aliphatic imine (C=N–C) groups is 1. The van der Waals surface area contributed by atoms with Crippen molar-refractivity contribution in [2.75, 3.05) is 37.8 Å². The van der Waals surface area contributed by atoms with Gasteiger partial charge in [-0.1, -0.05) is 12.1 Å². The molecule has 2 aliphatic carbocycles. The maximum atomic E-state index is 6.14. The zero-order chi connectivity index (χ0) is 24.7. The summed E-state index contributed by atoms with van der Waals surface area (Å²) in [4.78, 5) is 12.0. The minimum Gasteiger partial charge on any atom is -0.343 e. The Morgan fingerprint density at radius 1 is 0.889 bits per heavy atom. The second-order valence-corrected chi connectivity index (χ2v) is 12.8. The molecule has 0 amide bonds. The lowest BCUT2D eigenvalue weighted by molar-refractivity contribution is 0.162. The van der Waals surface area contributed by atoms with Gasteiger partial charge in [0.05, 0.1) is 11.7 Å². The molecule has 5 rings (SSSR count). The van der Waals surface area contributed by atoms with Gasteiger partial charge < -0.3 is 20.9 Å². The first-order valence-corrected chi connectivity index (χ1v) is 16.1. The SMILES string of the molecule is CSc1ccccc1NC(=NC1CCC(CC2CCC(N)CC2)CC1)N1CCC(N2CCCC2)CC1. The number of nitrogens with one attached hydrogen (secondary N) is 1. The predicted molar refractivity (Wildman–Crippen MR) is 155 cm³/mol. The smallest absolute Gasteiger partial charge is 0.198 e. The molecule has 36 heavy (non-hydrogen) atoms. The summed E-state index contributed by atoms with van der Waals surface area (Å²) in [6.07, 6.45) is 19.3. The van der Waals surface area contributed by atoms with Crippen LogP contribution >= 0.6 is 11.8 Å². The molecule has 5 nitrogen and oxygen atoms in total. The molecule has 2 saturated carbocycles. The molecule has 0 bridgehead atoms. The second-order valence-electron chi connectivity index (χ2n) is 11.9. The van der Waals surface area contributed by atoms with E-state index in [2.05, 4.69) is 45.6 Å². The van der Waals surface area contributed by atoms with Crippen molar-refractivity contribution in [3.8, 4) is 0 Å². The number of anilines is 1. The first-order valence-electron chi connectivity index (χ1n) is 14.9. The van der Waals surface area contributed by atoms with Crippen LogP contribution < -0.4 is 11.1 Å². The number of thioether (sulfide) groups is 1.